The van der Waals surface area contributed by atoms with Crippen LogP contribution in [-0.4, -0.2) is 23.0 Å². The molecule has 0 N–H and O–H groups in total. The van der Waals surface area contributed by atoms with Crippen molar-refractivity contribution >= 4 is 22.9 Å². The zero-order chi connectivity index (χ0) is 10.7. The normalized spacial score (nSPS) is 10.6. The highest BCUT2D eigenvalue weighted by atomic mass is 32.1. The van der Waals surface area contributed by atoms with Crippen molar-refractivity contribution in [1.82, 2.24) is 4.98 Å². The van der Waals surface area contributed by atoms with Crippen molar-refractivity contribution in [3.8, 4) is 0 Å². The summed E-state index contributed by atoms with van der Waals surface area (Å²) in [5.74, 6) is -2.01. The monoisotopic (exact) mass is 219 g/mol. The van der Waals surface area contributed by atoms with E-state index in [2.05, 4.69) is 4.98 Å². The molecule has 0 aliphatic rings. The maximum Gasteiger partial charge on any atom is 0.296 e. The van der Waals surface area contributed by atoms with Gasteiger partial charge in [0.2, 0.25) is 5.78 Å². The number of alkyl halides is 2. The van der Waals surface area contributed by atoms with Crippen LogP contribution in [0.3, 0.4) is 0 Å². The molecule has 0 fully saturated rings. The van der Waals surface area contributed by atoms with Crippen LogP contribution >= 0.6 is 11.3 Å². The highest BCUT2D eigenvalue weighted by molar-refractivity contribution is 7.09. The van der Waals surface area contributed by atoms with Crippen LogP contribution in [0.4, 0.5) is 8.78 Å². The van der Waals surface area contributed by atoms with E-state index in [4.69, 9.17) is 0 Å². The lowest BCUT2D eigenvalue weighted by molar-refractivity contribution is -0.128. The van der Waals surface area contributed by atoms with Crippen molar-refractivity contribution < 1.29 is 18.4 Å². The quantitative estimate of drug-likeness (QED) is 0.573. The summed E-state index contributed by atoms with van der Waals surface area (Å²) in [7, 11) is 0. The number of hydrogen-bond donors (Lipinski definition) is 0. The van der Waals surface area contributed by atoms with E-state index in [-0.39, 0.29) is 5.69 Å². The average Bonchev–Trinajstić information content (AvgIpc) is 2.51. The molecule has 76 valence electrons. The van der Waals surface area contributed by atoms with Gasteiger partial charge in [0, 0.05) is 5.38 Å². The van der Waals surface area contributed by atoms with Crippen molar-refractivity contribution in [2.45, 2.75) is 19.8 Å². The third-order valence-corrected chi connectivity index (χ3v) is 2.26. The van der Waals surface area contributed by atoms with Gasteiger partial charge in [0.15, 0.2) is 5.78 Å². The standard InChI is InChI=1S/C8H7F2NO2S/c1-4-11-5(3-14-4)6(12)2-7(13)8(9)10/h3,8H,2H2,1H3. The van der Waals surface area contributed by atoms with E-state index in [9.17, 15) is 18.4 Å². The Balaban J connectivity index is 2.64. The molecule has 0 radical (unpaired) electrons. The summed E-state index contributed by atoms with van der Waals surface area (Å²) in [5.41, 5.74) is 0.0847. The van der Waals surface area contributed by atoms with Crippen LogP contribution in [0.1, 0.15) is 21.9 Å². The minimum absolute atomic E-state index is 0.0847. The number of Topliss-reactive ketones (excluding diaryl/α,β-unsaturated/α-hetero) is 2. The maximum absolute atomic E-state index is 11.8. The topological polar surface area (TPSA) is 47.0 Å². The average molecular weight is 219 g/mol. The highest BCUT2D eigenvalue weighted by Gasteiger charge is 2.21. The number of hydrogen-bond acceptors (Lipinski definition) is 4. The second-order valence-corrected chi connectivity index (χ2v) is 3.68. The number of thiazole rings is 1. The fourth-order valence-electron chi connectivity index (χ4n) is 0.817. The number of halogens is 2. The number of carbonyl (C=O) groups excluding carboxylic acids is 2. The van der Waals surface area contributed by atoms with E-state index < -0.39 is 24.4 Å². The molecule has 14 heavy (non-hydrogen) atoms. The van der Waals surface area contributed by atoms with Crippen molar-refractivity contribution in [3.05, 3.63) is 16.1 Å². The Hall–Kier alpha value is -1.17. The molecule has 0 aromatic carbocycles. The van der Waals surface area contributed by atoms with Crippen LogP contribution in [0.5, 0.6) is 0 Å². The first-order chi connectivity index (χ1) is 6.50. The van der Waals surface area contributed by atoms with E-state index in [1.165, 1.54) is 16.7 Å². The smallest absolute Gasteiger partial charge is 0.293 e. The lowest BCUT2D eigenvalue weighted by Gasteiger charge is -1.95. The Labute approximate surface area is 82.8 Å². The molecule has 0 amide bonds. The van der Waals surface area contributed by atoms with Crippen LogP contribution in [0.25, 0.3) is 0 Å². The van der Waals surface area contributed by atoms with Gasteiger partial charge in [-0.25, -0.2) is 13.8 Å². The van der Waals surface area contributed by atoms with Gasteiger partial charge < -0.3 is 0 Å². The van der Waals surface area contributed by atoms with Crippen molar-refractivity contribution in [2.75, 3.05) is 0 Å². The highest BCUT2D eigenvalue weighted by Crippen LogP contribution is 2.11. The summed E-state index contributed by atoms with van der Waals surface area (Å²) in [6, 6.07) is 0. The minimum atomic E-state index is -3.08. The number of aryl methyl sites for hydroxylation is 1. The molecule has 0 unspecified atom stereocenters. The molecule has 3 nitrogen and oxygen atoms in total. The molecule has 0 aliphatic heterocycles. The molecule has 0 saturated heterocycles. The Morgan fingerprint density at radius 2 is 2.21 bits per heavy atom. The second kappa shape index (κ2) is 4.36. The van der Waals surface area contributed by atoms with E-state index >= 15 is 0 Å². The Kier molecular flexibility index (Phi) is 3.40. The maximum atomic E-state index is 11.8. The van der Waals surface area contributed by atoms with Gasteiger partial charge in [-0.2, -0.15) is 0 Å². The zero-order valence-electron chi connectivity index (χ0n) is 7.29. The lowest BCUT2D eigenvalue weighted by atomic mass is 10.2. The van der Waals surface area contributed by atoms with Gasteiger partial charge in [-0.15, -0.1) is 11.3 Å². The molecule has 1 aromatic rings. The Bertz CT molecular complexity index is 362. The molecule has 0 bridgehead atoms. The molecule has 1 heterocycles. The third-order valence-electron chi connectivity index (χ3n) is 1.48. The van der Waals surface area contributed by atoms with E-state index in [0.29, 0.717) is 5.01 Å². The number of aromatic nitrogens is 1. The summed E-state index contributed by atoms with van der Waals surface area (Å²) in [6.07, 6.45) is -3.86. The molecule has 6 heteroatoms. The van der Waals surface area contributed by atoms with Gasteiger partial charge in [-0.05, 0) is 6.92 Å². The Morgan fingerprint density at radius 1 is 1.57 bits per heavy atom. The SMILES string of the molecule is Cc1nc(C(=O)CC(=O)C(F)F)cs1. The first-order valence-electron chi connectivity index (χ1n) is 3.77. The van der Waals surface area contributed by atoms with Crippen molar-refractivity contribution in [1.29, 1.82) is 0 Å². The first-order valence-corrected chi connectivity index (χ1v) is 4.65. The molecule has 1 aromatic heterocycles. The molecule has 0 spiro atoms. The molecule has 0 saturated carbocycles. The first kappa shape index (κ1) is 10.9. The predicted molar refractivity (Wildman–Crippen MR) is 46.8 cm³/mol. The second-order valence-electron chi connectivity index (χ2n) is 2.62. The van der Waals surface area contributed by atoms with Crippen LogP contribution in [0, 0.1) is 6.92 Å². The van der Waals surface area contributed by atoms with Crippen LogP contribution in [-0.2, 0) is 4.79 Å². The van der Waals surface area contributed by atoms with E-state index in [0.717, 1.165) is 0 Å². The van der Waals surface area contributed by atoms with Crippen molar-refractivity contribution in [3.63, 3.8) is 0 Å². The van der Waals surface area contributed by atoms with Crippen LogP contribution < -0.4 is 0 Å². The van der Waals surface area contributed by atoms with Gasteiger partial charge in [0.1, 0.15) is 5.69 Å². The Morgan fingerprint density at radius 3 is 2.64 bits per heavy atom. The van der Waals surface area contributed by atoms with Gasteiger partial charge in [0.25, 0.3) is 6.43 Å². The third kappa shape index (κ3) is 2.66. The summed E-state index contributed by atoms with van der Waals surface area (Å²) in [5, 5.41) is 2.12. The van der Waals surface area contributed by atoms with Crippen LogP contribution in [0.15, 0.2) is 5.38 Å². The van der Waals surface area contributed by atoms with E-state index in [1.807, 2.05) is 0 Å². The zero-order valence-corrected chi connectivity index (χ0v) is 8.11. The minimum Gasteiger partial charge on any atom is -0.293 e. The number of carbonyl (C=O) groups is 2. The van der Waals surface area contributed by atoms with Gasteiger partial charge >= 0.3 is 0 Å². The number of ketones is 2. The van der Waals surface area contributed by atoms with Gasteiger partial charge in [-0.3, -0.25) is 9.59 Å². The largest absolute Gasteiger partial charge is 0.296 e. The number of rotatable bonds is 4. The van der Waals surface area contributed by atoms with Crippen molar-refractivity contribution in [2.24, 2.45) is 0 Å². The van der Waals surface area contributed by atoms with Gasteiger partial charge in [-0.1, -0.05) is 0 Å². The fourth-order valence-corrected chi connectivity index (χ4v) is 1.43. The predicted octanol–water partition coefficient (Wildman–Crippen LogP) is 1.86. The fraction of sp³-hybridized carbons (Fsp3) is 0.375. The molecule has 1 rings (SSSR count). The number of nitrogens with zero attached hydrogens (tertiary/aromatic N) is 1. The summed E-state index contributed by atoms with van der Waals surface area (Å²) in [6.45, 7) is 1.69. The summed E-state index contributed by atoms with van der Waals surface area (Å²) >= 11 is 1.24. The molecule has 0 aliphatic carbocycles. The van der Waals surface area contributed by atoms with Gasteiger partial charge in [0.05, 0.1) is 11.4 Å². The molecular formula is C8H7F2NO2S. The molecule has 0 atom stereocenters. The van der Waals surface area contributed by atoms with Crippen LogP contribution in [0.2, 0.25) is 0 Å². The summed E-state index contributed by atoms with van der Waals surface area (Å²) < 4.78 is 23.6. The molecular weight excluding hydrogens is 212 g/mol. The van der Waals surface area contributed by atoms with E-state index in [1.54, 1.807) is 6.92 Å². The lowest BCUT2D eigenvalue weighted by Crippen LogP contribution is -2.15. The summed E-state index contributed by atoms with van der Waals surface area (Å²) in [4.78, 5) is 25.5.